The van der Waals surface area contributed by atoms with Crippen LogP contribution in [0, 0.1) is 22.7 Å². The second-order valence-corrected chi connectivity index (χ2v) is 7.28. The molecule has 4 rings (SSSR count). The molecule has 0 spiro atoms. The highest BCUT2D eigenvalue weighted by Gasteiger charge is 2.41. The summed E-state index contributed by atoms with van der Waals surface area (Å²) in [5, 5.41) is 27.7. The fraction of sp³-hybridized carbons (Fsp3) is 0.118. The Bertz CT molecular complexity index is 1010. The van der Waals surface area contributed by atoms with Crippen molar-refractivity contribution in [3.05, 3.63) is 56.9 Å². The van der Waals surface area contributed by atoms with Crippen molar-refractivity contribution in [2.75, 3.05) is 0 Å². The first-order chi connectivity index (χ1) is 12.1. The van der Waals surface area contributed by atoms with Crippen molar-refractivity contribution in [2.24, 2.45) is 5.92 Å². The molecule has 2 unspecified atom stereocenters. The van der Waals surface area contributed by atoms with Gasteiger partial charge in [0.25, 0.3) is 0 Å². The molecule has 1 aliphatic heterocycles. The zero-order chi connectivity index (χ0) is 17.6. The molecule has 2 atom stereocenters. The summed E-state index contributed by atoms with van der Waals surface area (Å²) in [7, 11) is 0. The van der Waals surface area contributed by atoms with E-state index in [1.54, 1.807) is 23.5 Å². The van der Waals surface area contributed by atoms with E-state index in [0.29, 0.717) is 15.9 Å². The van der Waals surface area contributed by atoms with Crippen LogP contribution in [0.25, 0.3) is 10.6 Å². The molecule has 1 aliphatic rings. The van der Waals surface area contributed by atoms with E-state index >= 15 is 0 Å². The number of fused-ring (bicyclic) bond motifs is 1. The summed E-state index contributed by atoms with van der Waals surface area (Å²) in [4.78, 5) is 0.979. The zero-order valence-corrected chi connectivity index (χ0v) is 14.9. The molecular formula is C17H10Cl2N4OS. The Hall–Kier alpha value is -2.33. The van der Waals surface area contributed by atoms with Crippen molar-refractivity contribution in [3.8, 4) is 22.5 Å². The first-order valence-electron chi connectivity index (χ1n) is 7.33. The van der Waals surface area contributed by atoms with E-state index in [1.807, 2.05) is 23.6 Å². The average Bonchev–Trinajstić information content (AvgIpc) is 3.25. The molecule has 1 aromatic carbocycles. The first kappa shape index (κ1) is 16.2. The summed E-state index contributed by atoms with van der Waals surface area (Å²) in [6.45, 7) is 0. The van der Waals surface area contributed by atoms with E-state index in [4.69, 9.17) is 33.3 Å². The quantitative estimate of drug-likeness (QED) is 0.640. The van der Waals surface area contributed by atoms with E-state index in [2.05, 4.69) is 16.3 Å². The van der Waals surface area contributed by atoms with E-state index < -0.39 is 11.8 Å². The predicted molar refractivity (Wildman–Crippen MR) is 97.7 cm³/mol. The molecule has 0 bridgehead atoms. The number of nitriles is 1. The van der Waals surface area contributed by atoms with Crippen molar-refractivity contribution in [1.29, 1.82) is 10.7 Å². The van der Waals surface area contributed by atoms with Gasteiger partial charge in [0.2, 0.25) is 11.8 Å². The molecule has 2 aromatic heterocycles. The minimum atomic E-state index is -0.777. The number of nitrogens with zero attached hydrogens (tertiary/aromatic N) is 2. The number of hydrogen-bond donors (Lipinski definition) is 2. The Morgan fingerprint density at radius 3 is 2.80 bits per heavy atom. The Balaban J connectivity index is 1.95. The molecule has 0 radical (unpaired) electrons. The van der Waals surface area contributed by atoms with Gasteiger partial charge >= 0.3 is 0 Å². The highest BCUT2D eigenvalue weighted by atomic mass is 35.5. The van der Waals surface area contributed by atoms with Crippen molar-refractivity contribution in [1.82, 2.24) is 10.2 Å². The molecule has 2 N–H and O–H groups in total. The highest BCUT2D eigenvalue weighted by molar-refractivity contribution is 7.13. The van der Waals surface area contributed by atoms with Crippen LogP contribution in [0.3, 0.4) is 0 Å². The summed E-state index contributed by atoms with van der Waals surface area (Å²) < 4.78 is 5.48. The second kappa shape index (κ2) is 6.19. The van der Waals surface area contributed by atoms with E-state index in [0.717, 1.165) is 21.7 Å². The van der Waals surface area contributed by atoms with Crippen molar-refractivity contribution >= 4 is 40.4 Å². The van der Waals surface area contributed by atoms with Gasteiger partial charge in [-0.15, -0.1) is 16.4 Å². The third-order valence-corrected chi connectivity index (χ3v) is 5.74. The summed E-state index contributed by atoms with van der Waals surface area (Å²) in [5.74, 6) is -1.01. The lowest BCUT2D eigenvalue weighted by atomic mass is 9.79. The normalized spacial score (nSPS) is 19.2. The fourth-order valence-electron chi connectivity index (χ4n) is 2.99. The highest BCUT2D eigenvalue weighted by Crippen LogP contribution is 2.47. The molecule has 0 saturated carbocycles. The Morgan fingerprint density at radius 1 is 1.28 bits per heavy atom. The summed E-state index contributed by atoms with van der Waals surface area (Å²) in [5.41, 5.74) is 2.33. The van der Waals surface area contributed by atoms with Crippen LogP contribution in [0.5, 0.6) is 5.88 Å². The van der Waals surface area contributed by atoms with Crippen LogP contribution in [-0.4, -0.2) is 16.1 Å². The lowest BCUT2D eigenvalue weighted by molar-refractivity contribution is 0.437. The largest absolute Gasteiger partial charge is 0.422 e. The number of hydrogen-bond acceptors (Lipinski definition) is 5. The Labute approximate surface area is 157 Å². The number of rotatable bonds is 2. The van der Waals surface area contributed by atoms with Crippen LogP contribution in [0.15, 0.2) is 35.7 Å². The van der Waals surface area contributed by atoms with Gasteiger partial charge in [-0.05, 0) is 29.1 Å². The predicted octanol–water partition coefficient (Wildman–Crippen LogP) is 5.09. The second-order valence-electron chi connectivity index (χ2n) is 5.52. The maximum Gasteiger partial charge on any atom is 0.244 e. The number of halogens is 2. The average molecular weight is 389 g/mol. The van der Waals surface area contributed by atoms with Gasteiger partial charge in [0.15, 0.2) is 0 Å². The number of aromatic amines is 1. The Morgan fingerprint density at radius 2 is 2.12 bits per heavy atom. The maximum atomic E-state index is 9.64. The topological polar surface area (TPSA) is 85.6 Å². The molecule has 3 aromatic rings. The van der Waals surface area contributed by atoms with Crippen LogP contribution >= 0.6 is 34.5 Å². The van der Waals surface area contributed by atoms with Gasteiger partial charge in [0.1, 0.15) is 5.92 Å². The fourth-order valence-corrected chi connectivity index (χ4v) is 4.03. The third-order valence-electron chi connectivity index (χ3n) is 4.11. The smallest absolute Gasteiger partial charge is 0.244 e. The standard InChI is InChI=1S/C17H10Cl2N4OS/c18-10-4-3-8(6-11(10)19)13-9(7-20)16(21)24-17-14(13)15(22-23-17)12-2-1-5-25-12/h1-6,9,13,21H,(H,22,23). The van der Waals surface area contributed by atoms with E-state index in [9.17, 15) is 5.26 Å². The number of benzene rings is 1. The molecule has 3 heterocycles. The minimum absolute atomic E-state index is 0.129. The van der Waals surface area contributed by atoms with Crippen LogP contribution in [0.1, 0.15) is 17.0 Å². The summed E-state index contributed by atoms with van der Waals surface area (Å²) >= 11 is 13.8. The number of thiophene rings is 1. The van der Waals surface area contributed by atoms with Gasteiger partial charge in [-0.3, -0.25) is 10.5 Å². The van der Waals surface area contributed by atoms with E-state index in [-0.39, 0.29) is 5.90 Å². The number of H-pyrrole nitrogens is 1. The minimum Gasteiger partial charge on any atom is -0.422 e. The molecule has 25 heavy (non-hydrogen) atoms. The molecule has 124 valence electrons. The van der Waals surface area contributed by atoms with Crippen molar-refractivity contribution in [2.45, 2.75) is 5.92 Å². The SMILES string of the molecule is N#CC1C(=N)Oc2n[nH]c(-c3cccs3)c2C1c1ccc(Cl)c(Cl)c1. The van der Waals surface area contributed by atoms with Crippen LogP contribution in [-0.2, 0) is 0 Å². The van der Waals surface area contributed by atoms with Crippen LogP contribution in [0.4, 0.5) is 0 Å². The third kappa shape index (κ3) is 2.61. The van der Waals surface area contributed by atoms with Gasteiger partial charge in [0, 0.05) is 5.92 Å². The van der Waals surface area contributed by atoms with Crippen molar-refractivity contribution in [3.63, 3.8) is 0 Å². The number of ether oxygens (including phenoxy) is 1. The zero-order valence-electron chi connectivity index (χ0n) is 12.6. The first-order valence-corrected chi connectivity index (χ1v) is 8.96. The lowest BCUT2D eigenvalue weighted by Gasteiger charge is -2.28. The van der Waals surface area contributed by atoms with Gasteiger partial charge in [-0.25, -0.2) is 0 Å². The lowest BCUT2D eigenvalue weighted by Crippen LogP contribution is -2.30. The van der Waals surface area contributed by atoms with E-state index in [1.165, 1.54) is 0 Å². The monoisotopic (exact) mass is 388 g/mol. The molecule has 0 aliphatic carbocycles. The summed E-state index contributed by atoms with van der Waals surface area (Å²) in [6, 6.07) is 11.3. The summed E-state index contributed by atoms with van der Waals surface area (Å²) in [6.07, 6.45) is 0. The molecule has 8 heteroatoms. The van der Waals surface area contributed by atoms with Crippen molar-refractivity contribution < 1.29 is 4.74 Å². The van der Waals surface area contributed by atoms with Gasteiger partial charge in [-0.2, -0.15) is 5.26 Å². The molecule has 0 saturated heterocycles. The maximum absolute atomic E-state index is 9.64. The molecular weight excluding hydrogens is 379 g/mol. The number of aromatic nitrogens is 2. The molecule has 0 amide bonds. The molecule has 5 nitrogen and oxygen atoms in total. The van der Waals surface area contributed by atoms with Gasteiger partial charge < -0.3 is 4.74 Å². The van der Waals surface area contributed by atoms with Crippen LogP contribution in [0.2, 0.25) is 10.0 Å². The number of nitrogens with one attached hydrogen (secondary N) is 2. The van der Waals surface area contributed by atoms with Gasteiger partial charge in [-0.1, -0.05) is 35.3 Å². The van der Waals surface area contributed by atoms with Gasteiger partial charge in [0.05, 0.1) is 32.2 Å². The molecule has 0 fully saturated rings. The Kier molecular flexibility index (Phi) is 4.00. The van der Waals surface area contributed by atoms with Crippen LogP contribution < -0.4 is 4.74 Å².